The van der Waals surface area contributed by atoms with Gasteiger partial charge in [-0.1, -0.05) is 60.7 Å². The number of furan rings is 1. The van der Waals surface area contributed by atoms with Crippen LogP contribution in [0.1, 0.15) is 12.5 Å². The molecule has 0 aliphatic rings. The number of methoxy groups -OCH3 is 1. The SMILES string of the molecule is COC(=O)[C@@H](C)Oc1ccc2ccccc2c1C=Nn1c(-c2cc3ccccc3o2)nc2ccccc2c1=O. The average molecular weight is 518 g/mol. The maximum absolute atomic E-state index is 13.7. The van der Waals surface area contributed by atoms with Gasteiger partial charge in [0.15, 0.2) is 11.9 Å². The molecule has 0 aliphatic heterocycles. The number of nitrogens with zero attached hydrogens (tertiary/aromatic N) is 3. The quantitative estimate of drug-likeness (QED) is 0.205. The summed E-state index contributed by atoms with van der Waals surface area (Å²) in [4.78, 5) is 30.5. The van der Waals surface area contributed by atoms with Crippen LogP contribution in [-0.4, -0.2) is 35.1 Å². The van der Waals surface area contributed by atoms with Gasteiger partial charge in [0.1, 0.15) is 11.3 Å². The van der Waals surface area contributed by atoms with Gasteiger partial charge in [0.25, 0.3) is 5.56 Å². The van der Waals surface area contributed by atoms with Crippen molar-refractivity contribution >= 4 is 44.8 Å². The van der Waals surface area contributed by atoms with Crippen LogP contribution in [0.5, 0.6) is 5.75 Å². The maximum atomic E-state index is 13.7. The zero-order chi connectivity index (χ0) is 26.9. The molecule has 0 aliphatic carbocycles. The summed E-state index contributed by atoms with van der Waals surface area (Å²) in [6, 6.07) is 27.9. The van der Waals surface area contributed by atoms with E-state index >= 15 is 0 Å². The van der Waals surface area contributed by atoms with Crippen LogP contribution < -0.4 is 10.3 Å². The largest absolute Gasteiger partial charge is 0.478 e. The third kappa shape index (κ3) is 4.42. The second-order valence-electron chi connectivity index (χ2n) is 8.94. The molecule has 8 nitrogen and oxygen atoms in total. The highest BCUT2D eigenvalue weighted by molar-refractivity contribution is 6.02. The molecule has 0 saturated heterocycles. The Balaban J connectivity index is 1.56. The summed E-state index contributed by atoms with van der Waals surface area (Å²) in [7, 11) is 1.31. The second kappa shape index (κ2) is 9.90. The molecule has 39 heavy (non-hydrogen) atoms. The number of para-hydroxylation sites is 2. The van der Waals surface area contributed by atoms with E-state index in [0.29, 0.717) is 33.6 Å². The van der Waals surface area contributed by atoms with E-state index in [1.165, 1.54) is 11.8 Å². The van der Waals surface area contributed by atoms with E-state index in [1.54, 1.807) is 37.4 Å². The summed E-state index contributed by atoms with van der Waals surface area (Å²) in [6.07, 6.45) is 0.700. The molecule has 2 heterocycles. The first-order chi connectivity index (χ1) is 19.0. The van der Waals surface area contributed by atoms with Crippen molar-refractivity contribution in [3.63, 3.8) is 0 Å². The highest BCUT2D eigenvalue weighted by Gasteiger charge is 2.19. The molecule has 8 heteroatoms. The Bertz CT molecular complexity index is 1920. The van der Waals surface area contributed by atoms with Gasteiger partial charge >= 0.3 is 5.97 Å². The minimum Gasteiger partial charge on any atom is -0.478 e. The Labute approximate surface area is 222 Å². The fourth-order valence-corrected chi connectivity index (χ4v) is 4.51. The van der Waals surface area contributed by atoms with E-state index in [4.69, 9.17) is 18.9 Å². The molecule has 6 rings (SSSR count). The number of carbonyl (C=O) groups is 1. The third-order valence-electron chi connectivity index (χ3n) is 6.47. The lowest BCUT2D eigenvalue weighted by molar-refractivity contribution is -0.147. The van der Waals surface area contributed by atoms with Gasteiger partial charge in [-0.25, -0.2) is 9.78 Å². The minimum absolute atomic E-state index is 0.261. The summed E-state index contributed by atoms with van der Waals surface area (Å²) in [5, 5.41) is 7.70. The first kappa shape index (κ1) is 24.1. The molecule has 0 unspecified atom stereocenters. The van der Waals surface area contributed by atoms with Crippen LogP contribution in [0.2, 0.25) is 0 Å². The fourth-order valence-electron chi connectivity index (χ4n) is 4.51. The van der Waals surface area contributed by atoms with Crippen molar-refractivity contribution in [2.45, 2.75) is 13.0 Å². The van der Waals surface area contributed by atoms with E-state index in [1.807, 2.05) is 66.7 Å². The highest BCUT2D eigenvalue weighted by atomic mass is 16.6. The zero-order valence-corrected chi connectivity index (χ0v) is 21.2. The number of esters is 1. The van der Waals surface area contributed by atoms with E-state index in [9.17, 15) is 9.59 Å². The van der Waals surface area contributed by atoms with Crippen molar-refractivity contribution in [1.82, 2.24) is 9.66 Å². The monoisotopic (exact) mass is 517 g/mol. The third-order valence-corrected chi connectivity index (χ3v) is 6.47. The number of ether oxygens (including phenoxy) is 2. The molecule has 0 radical (unpaired) electrons. The Morgan fingerprint density at radius 2 is 1.67 bits per heavy atom. The number of fused-ring (bicyclic) bond motifs is 3. The maximum Gasteiger partial charge on any atom is 0.346 e. The predicted octanol–water partition coefficient (Wildman–Crippen LogP) is 5.79. The summed E-state index contributed by atoms with van der Waals surface area (Å²) in [5.41, 5.74) is 1.45. The second-order valence-corrected chi connectivity index (χ2v) is 8.94. The Kier molecular flexibility index (Phi) is 6.13. The molecule has 0 fully saturated rings. The Hall–Kier alpha value is -5.24. The van der Waals surface area contributed by atoms with Gasteiger partial charge in [-0.3, -0.25) is 4.79 Å². The summed E-state index contributed by atoms with van der Waals surface area (Å²) in [5.74, 6) is 0.581. The molecule has 0 amide bonds. The van der Waals surface area contributed by atoms with Crippen molar-refractivity contribution in [3.8, 4) is 17.3 Å². The predicted molar refractivity (Wildman–Crippen MR) is 150 cm³/mol. The lowest BCUT2D eigenvalue weighted by Crippen LogP contribution is -2.25. The molecular formula is C31H23N3O5. The van der Waals surface area contributed by atoms with Crippen molar-refractivity contribution < 1.29 is 18.7 Å². The number of carbonyl (C=O) groups excluding carboxylic acids is 1. The number of rotatable bonds is 6. The van der Waals surface area contributed by atoms with Gasteiger partial charge in [-0.15, -0.1) is 0 Å². The van der Waals surface area contributed by atoms with Crippen LogP contribution in [-0.2, 0) is 9.53 Å². The van der Waals surface area contributed by atoms with Crippen LogP contribution >= 0.6 is 0 Å². The highest BCUT2D eigenvalue weighted by Crippen LogP contribution is 2.29. The van der Waals surface area contributed by atoms with Crippen LogP contribution in [0.15, 0.2) is 105 Å². The number of aromatic nitrogens is 2. The van der Waals surface area contributed by atoms with Crippen molar-refractivity contribution in [2.75, 3.05) is 7.11 Å². The molecule has 192 valence electrons. The summed E-state index contributed by atoms with van der Waals surface area (Å²) < 4.78 is 18.1. The van der Waals surface area contributed by atoms with Gasteiger partial charge in [-0.2, -0.15) is 9.78 Å². The van der Waals surface area contributed by atoms with Gasteiger partial charge in [-0.05, 0) is 48.0 Å². The molecule has 1 atom stereocenters. The molecule has 0 bridgehead atoms. The molecular weight excluding hydrogens is 494 g/mol. The summed E-state index contributed by atoms with van der Waals surface area (Å²) in [6.45, 7) is 1.61. The Morgan fingerprint density at radius 1 is 0.949 bits per heavy atom. The number of benzene rings is 4. The first-order valence-corrected chi connectivity index (χ1v) is 12.3. The lowest BCUT2D eigenvalue weighted by Gasteiger charge is -2.16. The Morgan fingerprint density at radius 3 is 2.46 bits per heavy atom. The molecule has 0 N–H and O–H groups in total. The summed E-state index contributed by atoms with van der Waals surface area (Å²) >= 11 is 0. The van der Waals surface area contributed by atoms with Crippen LogP contribution in [0.4, 0.5) is 0 Å². The van der Waals surface area contributed by atoms with Crippen LogP contribution in [0, 0.1) is 0 Å². The van der Waals surface area contributed by atoms with E-state index in [-0.39, 0.29) is 11.4 Å². The van der Waals surface area contributed by atoms with Crippen molar-refractivity contribution in [1.29, 1.82) is 0 Å². The molecule has 6 aromatic rings. The standard InChI is InChI=1S/C31H23N3O5/c1-19(31(36)37-2)38-27-16-15-20-9-3-5-11-22(20)24(27)18-32-34-29(28-17-21-10-4-8-14-26(21)39-28)33-25-13-7-6-12-23(25)30(34)35/h3-19H,1-2H3/t19-/m1/s1. The molecule has 0 saturated carbocycles. The fraction of sp³-hybridized carbons (Fsp3) is 0.0968. The zero-order valence-electron chi connectivity index (χ0n) is 21.2. The van der Waals surface area contributed by atoms with E-state index in [0.717, 1.165) is 16.2 Å². The van der Waals surface area contributed by atoms with E-state index < -0.39 is 12.1 Å². The minimum atomic E-state index is -0.848. The van der Waals surface area contributed by atoms with Crippen molar-refractivity contribution in [2.24, 2.45) is 5.10 Å². The van der Waals surface area contributed by atoms with Gasteiger partial charge in [0.05, 0.1) is 24.2 Å². The van der Waals surface area contributed by atoms with E-state index in [2.05, 4.69) is 5.10 Å². The van der Waals surface area contributed by atoms with Gasteiger partial charge in [0.2, 0.25) is 5.82 Å². The number of hydrogen-bond acceptors (Lipinski definition) is 7. The van der Waals surface area contributed by atoms with Gasteiger partial charge < -0.3 is 13.9 Å². The topological polar surface area (TPSA) is 95.9 Å². The average Bonchev–Trinajstić information content (AvgIpc) is 3.41. The van der Waals surface area contributed by atoms with Crippen molar-refractivity contribution in [3.05, 3.63) is 107 Å². The van der Waals surface area contributed by atoms with Crippen LogP contribution in [0.25, 0.3) is 44.2 Å². The van der Waals surface area contributed by atoms with Gasteiger partial charge in [0, 0.05) is 10.9 Å². The molecule has 2 aromatic heterocycles. The molecule has 0 spiro atoms. The normalized spacial score (nSPS) is 12.4. The molecule has 4 aromatic carbocycles. The smallest absolute Gasteiger partial charge is 0.346 e. The first-order valence-electron chi connectivity index (χ1n) is 12.3. The number of hydrogen-bond donors (Lipinski definition) is 0. The lowest BCUT2D eigenvalue weighted by atomic mass is 10.0. The van der Waals surface area contributed by atoms with Crippen LogP contribution in [0.3, 0.4) is 0 Å².